The number of fused-ring (bicyclic) bond motifs is 1. The maximum atomic E-state index is 15.0. The lowest BCUT2D eigenvalue weighted by Crippen LogP contribution is -2.40. The van der Waals surface area contributed by atoms with E-state index >= 15 is 0 Å². The fourth-order valence-corrected chi connectivity index (χ4v) is 5.71. The molecule has 1 aliphatic heterocycles. The predicted octanol–water partition coefficient (Wildman–Crippen LogP) is 5.57. The Hall–Kier alpha value is -4.13. The van der Waals surface area contributed by atoms with Gasteiger partial charge in [0, 0.05) is 11.3 Å². The zero-order valence-electron chi connectivity index (χ0n) is 23.0. The van der Waals surface area contributed by atoms with Crippen LogP contribution >= 0.6 is 0 Å². The van der Waals surface area contributed by atoms with Crippen molar-refractivity contribution in [2.45, 2.75) is 32.1 Å². The van der Waals surface area contributed by atoms with Crippen LogP contribution in [0.5, 0.6) is 11.5 Å². The normalized spacial score (nSPS) is 13.8. The van der Waals surface area contributed by atoms with Gasteiger partial charge in [0.25, 0.3) is 5.91 Å². The smallest absolute Gasteiger partial charge is 0.251 e. The minimum atomic E-state index is -1.12. The molecule has 0 saturated carbocycles. The van der Waals surface area contributed by atoms with Gasteiger partial charge in [0.2, 0.25) is 0 Å². The summed E-state index contributed by atoms with van der Waals surface area (Å²) in [7, 11) is 0. The van der Waals surface area contributed by atoms with Crippen LogP contribution in [0.4, 0.5) is 11.4 Å². The number of carbonyl (C=O) groups is 1. The summed E-state index contributed by atoms with van der Waals surface area (Å²) in [5.74, 6) is 1.35. The van der Waals surface area contributed by atoms with Crippen LogP contribution in [-0.4, -0.2) is 42.5 Å². The number of rotatable bonds is 11. The van der Waals surface area contributed by atoms with Gasteiger partial charge in [-0.25, -0.2) is 0 Å². The van der Waals surface area contributed by atoms with Gasteiger partial charge in [-0.3, -0.25) is 9.69 Å². The summed E-state index contributed by atoms with van der Waals surface area (Å²) in [5.41, 5.74) is 5.06. The Morgan fingerprint density at radius 2 is 1.23 bits per heavy atom. The minimum Gasteiger partial charge on any atom is -0.491 e. The Kier molecular flexibility index (Phi) is 8.19. The molecule has 206 valence electrons. The van der Waals surface area contributed by atoms with Crippen molar-refractivity contribution in [3.05, 3.63) is 119 Å². The molecule has 0 atom stereocenters. The third-order valence-corrected chi connectivity index (χ3v) is 7.53. The zero-order chi connectivity index (χ0) is 28.1. The Labute approximate surface area is 235 Å². The van der Waals surface area contributed by atoms with Gasteiger partial charge >= 0.3 is 0 Å². The summed E-state index contributed by atoms with van der Waals surface area (Å²) < 4.78 is 11.7. The number of aryl methyl sites for hydroxylation is 2. The van der Waals surface area contributed by atoms with Crippen molar-refractivity contribution in [2.24, 2.45) is 0 Å². The van der Waals surface area contributed by atoms with Crippen LogP contribution in [-0.2, 0) is 23.1 Å². The third-order valence-electron chi connectivity index (χ3n) is 7.53. The van der Waals surface area contributed by atoms with E-state index in [1.165, 1.54) is 0 Å². The average molecular weight is 538 g/mol. The van der Waals surface area contributed by atoms with Gasteiger partial charge in [0.1, 0.15) is 30.1 Å². The topological polar surface area (TPSA) is 79.2 Å². The minimum absolute atomic E-state index is 0.0583. The maximum absolute atomic E-state index is 15.0. The van der Waals surface area contributed by atoms with Crippen LogP contribution in [0.2, 0.25) is 0 Å². The summed E-state index contributed by atoms with van der Waals surface area (Å²) in [6, 6.07) is 29.6. The van der Waals surface area contributed by atoms with Crippen LogP contribution in [0.15, 0.2) is 91.0 Å². The first-order valence-corrected chi connectivity index (χ1v) is 13.8. The summed E-state index contributed by atoms with van der Waals surface area (Å²) >= 11 is 0. The molecule has 6 nitrogen and oxygen atoms in total. The highest BCUT2D eigenvalue weighted by Crippen LogP contribution is 2.53. The number of ether oxygens (including phenoxy) is 2. The summed E-state index contributed by atoms with van der Waals surface area (Å²) in [5, 5.41) is 18.6. The molecular formula is C34H35NO5. The quantitative estimate of drug-likeness (QED) is 0.262. The molecule has 1 heterocycles. The molecule has 4 aromatic rings. The van der Waals surface area contributed by atoms with Gasteiger partial charge in [0.05, 0.1) is 18.9 Å². The second-order valence-electron chi connectivity index (χ2n) is 9.74. The van der Waals surface area contributed by atoms with Gasteiger partial charge in [-0.2, -0.15) is 0 Å². The lowest BCUT2D eigenvalue weighted by atomic mass is 9.69. The molecule has 0 saturated heterocycles. The summed E-state index contributed by atoms with van der Waals surface area (Å²) in [6.45, 7) is 4.38. The highest BCUT2D eigenvalue weighted by molar-refractivity contribution is 6.17. The molecule has 0 unspecified atom stereocenters. The number of para-hydroxylation sites is 2. The van der Waals surface area contributed by atoms with Gasteiger partial charge < -0.3 is 19.7 Å². The molecule has 5 rings (SSSR count). The van der Waals surface area contributed by atoms with Crippen molar-refractivity contribution in [1.29, 1.82) is 0 Å². The molecule has 1 amide bonds. The van der Waals surface area contributed by atoms with Crippen molar-refractivity contribution in [3.8, 4) is 11.5 Å². The highest BCUT2D eigenvalue weighted by Gasteiger charge is 2.54. The number of benzene rings is 4. The van der Waals surface area contributed by atoms with E-state index in [1.807, 2.05) is 83.8 Å². The SMILES string of the molecule is CCc1cc(C2(c3ccc(OCCO)c(CC)c3)C(=O)N(c3ccccc3)c3ccccc32)ccc1OCCO. The lowest BCUT2D eigenvalue weighted by molar-refractivity contribution is -0.120. The second-order valence-corrected chi connectivity index (χ2v) is 9.74. The molecule has 6 heteroatoms. The molecule has 0 bridgehead atoms. The van der Waals surface area contributed by atoms with E-state index in [2.05, 4.69) is 26.0 Å². The van der Waals surface area contributed by atoms with Crippen LogP contribution in [0.25, 0.3) is 0 Å². The highest BCUT2D eigenvalue weighted by atomic mass is 16.5. The molecule has 0 radical (unpaired) electrons. The van der Waals surface area contributed by atoms with Gasteiger partial charge in [-0.05, 0) is 65.4 Å². The van der Waals surface area contributed by atoms with Crippen molar-refractivity contribution < 1.29 is 24.5 Å². The third kappa shape index (κ3) is 4.63. The van der Waals surface area contributed by atoms with Crippen molar-refractivity contribution in [1.82, 2.24) is 0 Å². The standard InChI is InChI=1S/C34H35NO5/c1-3-24-22-26(14-16-31(24)39-20-18-36)34(27-15-17-32(40-21-19-37)25(4-2)23-27)29-12-8-9-13-30(29)35(33(34)38)28-10-6-5-7-11-28/h5-17,22-23,36-37H,3-4,18-21H2,1-2H3. The van der Waals surface area contributed by atoms with E-state index < -0.39 is 5.41 Å². The number of aliphatic hydroxyl groups excluding tert-OH is 2. The Morgan fingerprint density at radius 3 is 1.75 bits per heavy atom. The molecule has 0 fully saturated rings. The molecule has 4 aromatic carbocycles. The predicted molar refractivity (Wildman–Crippen MR) is 157 cm³/mol. The van der Waals surface area contributed by atoms with E-state index in [1.54, 1.807) is 0 Å². The van der Waals surface area contributed by atoms with Crippen LogP contribution in [0, 0.1) is 0 Å². The van der Waals surface area contributed by atoms with Crippen LogP contribution in [0.1, 0.15) is 41.7 Å². The fraction of sp³-hybridized carbons (Fsp3) is 0.265. The van der Waals surface area contributed by atoms with E-state index in [0.717, 1.165) is 39.2 Å². The molecule has 0 aromatic heterocycles. The number of aliphatic hydroxyl groups is 2. The zero-order valence-corrected chi connectivity index (χ0v) is 23.0. The molecule has 1 aliphatic rings. The first-order chi connectivity index (χ1) is 19.6. The molecule has 40 heavy (non-hydrogen) atoms. The van der Waals surface area contributed by atoms with Crippen LogP contribution < -0.4 is 14.4 Å². The van der Waals surface area contributed by atoms with E-state index in [9.17, 15) is 15.0 Å². The molecule has 2 N–H and O–H groups in total. The van der Waals surface area contributed by atoms with Gasteiger partial charge in [0.15, 0.2) is 0 Å². The Bertz CT molecular complexity index is 1420. The maximum Gasteiger partial charge on any atom is 0.251 e. The van der Waals surface area contributed by atoms with Crippen LogP contribution in [0.3, 0.4) is 0 Å². The number of anilines is 2. The number of nitrogens with zero attached hydrogens (tertiary/aromatic N) is 1. The van der Waals surface area contributed by atoms with Crippen molar-refractivity contribution in [2.75, 3.05) is 31.3 Å². The number of amides is 1. The van der Waals surface area contributed by atoms with Crippen molar-refractivity contribution >= 4 is 17.3 Å². The van der Waals surface area contributed by atoms with E-state index in [4.69, 9.17) is 9.47 Å². The first kappa shape index (κ1) is 27.4. The summed E-state index contributed by atoms with van der Waals surface area (Å²) in [6.07, 6.45) is 1.41. The average Bonchev–Trinajstić information content (AvgIpc) is 3.27. The first-order valence-electron chi connectivity index (χ1n) is 13.8. The lowest BCUT2D eigenvalue weighted by Gasteiger charge is -2.32. The fourth-order valence-electron chi connectivity index (χ4n) is 5.71. The number of hydrogen-bond donors (Lipinski definition) is 2. The number of carbonyl (C=O) groups excluding carboxylic acids is 1. The Balaban J connectivity index is 1.79. The van der Waals surface area contributed by atoms with Gasteiger partial charge in [-0.1, -0.05) is 74.5 Å². The molecule has 0 aliphatic carbocycles. The Morgan fingerprint density at radius 1 is 0.700 bits per heavy atom. The number of hydrogen-bond acceptors (Lipinski definition) is 5. The van der Waals surface area contributed by atoms with E-state index in [-0.39, 0.29) is 32.3 Å². The second kappa shape index (κ2) is 11.9. The molecular weight excluding hydrogens is 502 g/mol. The van der Waals surface area contributed by atoms with E-state index in [0.29, 0.717) is 24.3 Å². The monoisotopic (exact) mass is 537 g/mol. The summed E-state index contributed by atoms with van der Waals surface area (Å²) in [4.78, 5) is 16.8. The largest absolute Gasteiger partial charge is 0.491 e. The van der Waals surface area contributed by atoms with Crippen molar-refractivity contribution in [3.63, 3.8) is 0 Å². The molecule has 0 spiro atoms. The van der Waals surface area contributed by atoms with Gasteiger partial charge in [-0.15, -0.1) is 0 Å².